The Kier molecular flexibility index (Phi) is 3.17. The van der Waals surface area contributed by atoms with E-state index >= 15 is 0 Å². The van der Waals surface area contributed by atoms with Crippen LogP contribution in [0.2, 0.25) is 0 Å². The first-order valence-electron chi connectivity index (χ1n) is 6.14. The molecule has 0 aliphatic carbocycles. The van der Waals surface area contributed by atoms with Gasteiger partial charge < -0.3 is 9.84 Å². The number of benzene rings is 2. The van der Waals surface area contributed by atoms with E-state index in [-0.39, 0.29) is 22.2 Å². The molecule has 1 aliphatic rings. The summed E-state index contributed by atoms with van der Waals surface area (Å²) in [6.45, 7) is -0.178. The lowest BCUT2D eigenvalue weighted by molar-refractivity contribution is 0.356. The Morgan fingerprint density at radius 1 is 1.14 bits per heavy atom. The van der Waals surface area contributed by atoms with E-state index in [1.54, 1.807) is 12.1 Å². The lowest BCUT2D eigenvalue weighted by atomic mass is 10.2. The molecular formula is C15H11FO4S. The molecule has 0 saturated carbocycles. The van der Waals surface area contributed by atoms with Crippen molar-refractivity contribution < 1.29 is 22.7 Å². The molecule has 0 fully saturated rings. The summed E-state index contributed by atoms with van der Waals surface area (Å²) in [7, 11) is -3.72. The first-order chi connectivity index (χ1) is 9.96. The van der Waals surface area contributed by atoms with Crippen molar-refractivity contribution in [1.82, 2.24) is 0 Å². The fraction of sp³-hybridized carbons (Fsp3) is 0.0667. The quantitative estimate of drug-likeness (QED) is 0.947. The van der Waals surface area contributed by atoms with Crippen molar-refractivity contribution in [3.8, 4) is 11.5 Å². The minimum absolute atomic E-state index is 0.0288. The van der Waals surface area contributed by atoms with E-state index in [9.17, 15) is 17.9 Å². The largest absolute Gasteiger partial charge is 0.508 e. The SMILES string of the molecule is O=S1(=O)C(COc2cccc(O)c2)=Cc2ccc(F)cc21. The lowest BCUT2D eigenvalue weighted by Crippen LogP contribution is -2.09. The Hall–Kier alpha value is -2.34. The first-order valence-corrected chi connectivity index (χ1v) is 7.62. The molecule has 0 saturated heterocycles. The monoisotopic (exact) mass is 306 g/mol. The number of ether oxygens (including phenoxy) is 1. The van der Waals surface area contributed by atoms with Crippen LogP contribution < -0.4 is 4.74 Å². The molecule has 0 amide bonds. The maximum absolute atomic E-state index is 13.2. The highest BCUT2D eigenvalue weighted by atomic mass is 32.2. The van der Waals surface area contributed by atoms with Crippen molar-refractivity contribution >= 4 is 15.9 Å². The number of aromatic hydroxyl groups is 1. The molecule has 3 rings (SSSR count). The van der Waals surface area contributed by atoms with E-state index in [0.29, 0.717) is 11.3 Å². The van der Waals surface area contributed by atoms with Gasteiger partial charge in [0.15, 0.2) is 0 Å². The van der Waals surface area contributed by atoms with Gasteiger partial charge in [0, 0.05) is 6.07 Å². The van der Waals surface area contributed by atoms with Crippen LogP contribution in [0.5, 0.6) is 11.5 Å². The predicted octanol–water partition coefficient (Wildman–Crippen LogP) is 2.74. The number of fused-ring (bicyclic) bond motifs is 1. The molecule has 0 radical (unpaired) electrons. The van der Waals surface area contributed by atoms with Crippen molar-refractivity contribution in [2.45, 2.75) is 4.90 Å². The fourth-order valence-corrected chi connectivity index (χ4v) is 3.58. The predicted molar refractivity (Wildman–Crippen MR) is 75.2 cm³/mol. The second kappa shape index (κ2) is 4.89. The summed E-state index contributed by atoms with van der Waals surface area (Å²) in [5.41, 5.74) is 0.450. The number of halogens is 1. The zero-order chi connectivity index (χ0) is 15.0. The molecule has 108 valence electrons. The van der Waals surface area contributed by atoms with Gasteiger partial charge in [-0.3, -0.25) is 0 Å². The maximum atomic E-state index is 13.2. The first kappa shape index (κ1) is 13.6. The molecular weight excluding hydrogens is 295 g/mol. The van der Waals surface area contributed by atoms with Crippen molar-refractivity contribution in [2.24, 2.45) is 0 Å². The van der Waals surface area contributed by atoms with Crippen molar-refractivity contribution in [2.75, 3.05) is 6.61 Å². The van der Waals surface area contributed by atoms with Crippen LogP contribution in [0.25, 0.3) is 6.08 Å². The molecule has 1 aliphatic heterocycles. The van der Waals surface area contributed by atoms with Gasteiger partial charge in [0.1, 0.15) is 23.9 Å². The summed E-state index contributed by atoms with van der Waals surface area (Å²) in [6, 6.07) is 9.70. The Morgan fingerprint density at radius 3 is 2.71 bits per heavy atom. The molecule has 0 bridgehead atoms. The standard InChI is InChI=1S/C15H11FO4S/c16-11-5-4-10-6-14(21(18,19)15(10)7-11)9-20-13-3-1-2-12(17)8-13/h1-8,17H,9H2. The van der Waals surface area contributed by atoms with Crippen molar-refractivity contribution in [3.63, 3.8) is 0 Å². The van der Waals surface area contributed by atoms with Gasteiger partial charge in [-0.1, -0.05) is 12.1 Å². The zero-order valence-corrected chi connectivity index (χ0v) is 11.6. The second-order valence-electron chi connectivity index (χ2n) is 4.58. The smallest absolute Gasteiger partial charge is 0.206 e. The number of phenols is 1. The average Bonchev–Trinajstić information content (AvgIpc) is 2.68. The van der Waals surface area contributed by atoms with Crippen LogP contribution in [-0.2, 0) is 9.84 Å². The summed E-state index contributed by atoms with van der Waals surface area (Å²) in [4.78, 5) is 0.0171. The molecule has 4 nitrogen and oxygen atoms in total. The number of hydrogen-bond donors (Lipinski definition) is 1. The zero-order valence-electron chi connectivity index (χ0n) is 10.8. The van der Waals surface area contributed by atoms with Gasteiger partial charge in [-0.05, 0) is 35.9 Å². The van der Waals surface area contributed by atoms with Crippen molar-refractivity contribution in [3.05, 3.63) is 58.8 Å². The summed E-state index contributed by atoms with van der Waals surface area (Å²) in [5.74, 6) is -0.213. The molecule has 1 N–H and O–H groups in total. The third-order valence-corrected chi connectivity index (χ3v) is 4.98. The molecule has 0 unspecified atom stereocenters. The Labute approximate surface area is 121 Å². The third kappa shape index (κ3) is 2.50. The van der Waals surface area contributed by atoms with Gasteiger partial charge in [-0.2, -0.15) is 0 Å². The minimum atomic E-state index is -3.72. The summed E-state index contributed by atoms with van der Waals surface area (Å²) in [6.07, 6.45) is 1.47. The van der Waals surface area contributed by atoms with E-state index in [1.165, 1.54) is 30.3 Å². The molecule has 2 aromatic rings. The van der Waals surface area contributed by atoms with Crippen LogP contribution in [0, 0.1) is 5.82 Å². The molecule has 2 aromatic carbocycles. The van der Waals surface area contributed by atoms with Crippen LogP contribution in [0.15, 0.2) is 52.3 Å². The average molecular weight is 306 g/mol. The van der Waals surface area contributed by atoms with Gasteiger partial charge in [0.05, 0.1) is 9.80 Å². The Bertz CT molecular complexity index is 841. The highest BCUT2D eigenvalue weighted by molar-refractivity contribution is 7.95. The van der Waals surface area contributed by atoms with Crippen LogP contribution >= 0.6 is 0 Å². The van der Waals surface area contributed by atoms with Gasteiger partial charge in [-0.15, -0.1) is 0 Å². The van der Waals surface area contributed by atoms with Crippen LogP contribution in [0.1, 0.15) is 5.56 Å². The Morgan fingerprint density at radius 2 is 1.95 bits per heavy atom. The minimum Gasteiger partial charge on any atom is -0.508 e. The van der Waals surface area contributed by atoms with E-state index in [0.717, 1.165) is 6.07 Å². The number of hydrogen-bond acceptors (Lipinski definition) is 4. The lowest BCUT2D eigenvalue weighted by Gasteiger charge is -2.07. The highest BCUT2D eigenvalue weighted by Crippen LogP contribution is 2.33. The summed E-state index contributed by atoms with van der Waals surface area (Å²) >= 11 is 0. The summed E-state index contributed by atoms with van der Waals surface area (Å²) in [5, 5.41) is 9.33. The molecule has 1 heterocycles. The number of rotatable bonds is 3. The van der Waals surface area contributed by atoms with E-state index < -0.39 is 15.7 Å². The second-order valence-corrected chi connectivity index (χ2v) is 6.55. The topological polar surface area (TPSA) is 63.6 Å². The normalized spacial score (nSPS) is 15.4. The molecule has 0 spiro atoms. The fourth-order valence-electron chi connectivity index (χ4n) is 2.10. The van der Waals surface area contributed by atoms with Gasteiger partial charge in [-0.25, -0.2) is 12.8 Å². The van der Waals surface area contributed by atoms with E-state index in [1.807, 2.05) is 0 Å². The van der Waals surface area contributed by atoms with Gasteiger partial charge in [0.25, 0.3) is 0 Å². The third-order valence-electron chi connectivity index (χ3n) is 3.13. The van der Waals surface area contributed by atoms with Gasteiger partial charge in [0.2, 0.25) is 9.84 Å². The number of phenolic OH excluding ortho intramolecular Hbond substituents is 1. The van der Waals surface area contributed by atoms with Crippen LogP contribution in [0.4, 0.5) is 4.39 Å². The van der Waals surface area contributed by atoms with Gasteiger partial charge >= 0.3 is 0 Å². The molecule has 6 heteroatoms. The van der Waals surface area contributed by atoms with Crippen molar-refractivity contribution in [1.29, 1.82) is 0 Å². The molecule has 0 aromatic heterocycles. The maximum Gasteiger partial charge on any atom is 0.206 e. The van der Waals surface area contributed by atoms with Crippen LogP contribution in [-0.4, -0.2) is 20.1 Å². The molecule has 0 atom stereocenters. The van der Waals surface area contributed by atoms with Crippen LogP contribution in [0.3, 0.4) is 0 Å². The molecule has 21 heavy (non-hydrogen) atoms. The Balaban J connectivity index is 1.85. The summed E-state index contributed by atoms with van der Waals surface area (Å²) < 4.78 is 43.1. The van der Waals surface area contributed by atoms with E-state index in [2.05, 4.69) is 0 Å². The van der Waals surface area contributed by atoms with E-state index in [4.69, 9.17) is 4.74 Å². The number of sulfone groups is 1. The highest BCUT2D eigenvalue weighted by Gasteiger charge is 2.30.